The fourth-order valence-electron chi connectivity index (χ4n) is 3.79. The Labute approximate surface area is 101 Å². The second-order valence-electron chi connectivity index (χ2n) is 5.50. The van der Waals surface area contributed by atoms with Gasteiger partial charge in [0.15, 0.2) is 0 Å². The lowest BCUT2D eigenvalue weighted by Gasteiger charge is -2.42. The van der Waals surface area contributed by atoms with Crippen LogP contribution in [0.4, 0.5) is 0 Å². The topological polar surface area (TPSA) is 15.3 Å². The van der Waals surface area contributed by atoms with Gasteiger partial charge in [0.25, 0.3) is 0 Å². The second kappa shape index (κ2) is 6.02. The summed E-state index contributed by atoms with van der Waals surface area (Å²) in [6.45, 7) is 8.42. The van der Waals surface area contributed by atoms with E-state index in [2.05, 4.69) is 24.1 Å². The maximum absolute atomic E-state index is 3.52. The quantitative estimate of drug-likeness (QED) is 0.790. The van der Waals surface area contributed by atoms with Gasteiger partial charge in [-0.2, -0.15) is 0 Å². The van der Waals surface area contributed by atoms with E-state index in [9.17, 15) is 0 Å². The van der Waals surface area contributed by atoms with Gasteiger partial charge >= 0.3 is 0 Å². The molecular formula is C14H28N2. The van der Waals surface area contributed by atoms with Crippen molar-refractivity contribution in [1.29, 1.82) is 0 Å². The zero-order valence-electron chi connectivity index (χ0n) is 11.0. The summed E-state index contributed by atoms with van der Waals surface area (Å²) in [5.41, 5.74) is 0. The predicted octanol–water partition coefficient (Wildman–Crippen LogP) is 2.64. The van der Waals surface area contributed by atoms with Crippen LogP contribution in [0.25, 0.3) is 0 Å². The van der Waals surface area contributed by atoms with E-state index in [0.717, 1.165) is 18.0 Å². The molecule has 0 aromatic carbocycles. The maximum atomic E-state index is 3.52. The number of nitrogens with one attached hydrogen (secondary N) is 1. The molecule has 1 N–H and O–H groups in total. The summed E-state index contributed by atoms with van der Waals surface area (Å²) in [5.74, 6) is 0.967. The molecule has 1 heterocycles. The monoisotopic (exact) mass is 224 g/mol. The van der Waals surface area contributed by atoms with E-state index >= 15 is 0 Å². The Kier molecular flexibility index (Phi) is 4.66. The molecule has 0 spiro atoms. The normalized spacial score (nSPS) is 35.8. The lowest BCUT2D eigenvalue weighted by atomic mass is 9.81. The minimum Gasteiger partial charge on any atom is -0.315 e. The number of nitrogens with zero attached hydrogens (tertiary/aromatic N) is 1. The Morgan fingerprint density at radius 1 is 1.12 bits per heavy atom. The first-order valence-corrected chi connectivity index (χ1v) is 7.33. The molecule has 1 aliphatic heterocycles. The van der Waals surface area contributed by atoms with Gasteiger partial charge in [-0.05, 0) is 38.3 Å². The Morgan fingerprint density at radius 2 is 1.94 bits per heavy atom. The highest BCUT2D eigenvalue weighted by Gasteiger charge is 2.33. The van der Waals surface area contributed by atoms with Crippen molar-refractivity contribution >= 4 is 0 Å². The summed E-state index contributed by atoms with van der Waals surface area (Å²) < 4.78 is 0. The predicted molar refractivity (Wildman–Crippen MR) is 69.7 cm³/mol. The molecule has 0 aromatic rings. The van der Waals surface area contributed by atoms with E-state index in [4.69, 9.17) is 0 Å². The van der Waals surface area contributed by atoms with Crippen LogP contribution in [-0.2, 0) is 0 Å². The molecule has 1 saturated heterocycles. The lowest BCUT2D eigenvalue weighted by Crippen LogP contribution is -2.48. The van der Waals surface area contributed by atoms with Crippen molar-refractivity contribution in [3.63, 3.8) is 0 Å². The average molecular weight is 224 g/mol. The van der Waals surface area contributed by atoms with Crippen LogP contribution >= 0.6 is 0 Å². The molecule has 3 atom stereocenters. The third kappa shape index (κ3) is 2.60. The zero-order valence-corrected chi connectivity index (χ0v) is 11.0. The molecule has 94 valence electrons. The molecule has 1 saturated carbocycles. The van der Waals surface area contributed by atoms with Gasteiger partial charge in [0, 0.05) is 18.6 Å². The second-order valence-corrected chi connectivity index (χ2v) is 5.50. The van der Waals surface area contributed by atoms with Crippen LogP contribution in [0, 0.1) is 5.92 Å². The van der Waals surface area contributed by atoms with Crippen LogP contribution < -0.4 is 5.32 Å². The highest BCUT2D eigenvalue weighted by atomic mass is 15.2. The Morgan fingerprint density at radius 3 is 2.56 bits per heavy atom. The van der Waals surface area contributed by atoms with E-state index in [1.165, 1.54) is 58.2 Å². The molecule has 2 nitrogen and oxygen atoms in total. The van der Waals surface area contributed by atoms with Crippen LogP contribution in [0.2, 0.25) is 0 Å². The smallest absolute Gasteiger partial charge is 0.0235 e. The molecule has 0 aromatic heterocycles. The first-order valence-electron chi connectivity index (χ1n) is 7.33. The molecule has 16 heavy (non-hydrogen) atoms. The first kappa shape index (κ1) is 12.4. The summed E-state index contributed by atoms with van der Waals surface area (Å²) in [4.78, 5) is 2.81. The number of rotatable bonds is 4. The van der Waals surface area contributed by atoms with E-state index in [-0.39, 0.29) is 0 Å². The first-order chi connectivity index (χ1) is 7.86. The maximum Gasteiger partial charge on any atom is 0.0235 e. The molecule has 3 unspecified atom stereocenters. The van der Waals surface area contributed by atoms with Gasteiger partial charge in [-0.15, -0.1) is 0 Å². The number of hydrogen-bond donors (Lipinski definition) is 1. The van der Waals surface area contributed by atoms with E-state index in [0.29, 0.717) is 0 Å². The number of hydrogen-bond acceptors (Lipinski definition) is 2. The highest BCUT2D eigenvalue weighted by Crippen LogP contribution is 2.32. The highest BCUT2D eigenvalue weighted by molar-refractivity contribution is 4.89. The molecule has 0 bridgehead atoms. The van der Waals surface area contributed by atoms with Crippen LogP contribution in [0.5, 0.6) is 0 Å². The van der Waals surface area contributed by atoms with Gasteiger partial charge in [-0.3, -0.25) is 4.90 Å². The van der Waals surface area contributed by atoms with E-state index in [1.54, 1.807) is 0 Å². The number of likely N-dealkylation sites (N-methyl/N-ethyl adjacent to an activating group) is 1. The van der Waals surface area contributed by atoms with E-state index in [1.807, 2.05) is 0 Å². The standard InChI is InChI=1S/C14H28N2/c1-3-12-7-5-6-8-14(12)16(4-2)13-9-10-15-11-13/h12-15H,3-11H2,1-2H3. The fraction of sp³-hybridized carbons (Fsp3) is 1.00. The van der Waals surface area contributed by atoms with Gasteiger partial charge in [0.1, 0.15) is 0 Å². The van der Waals surface area contributed by atoms with Crippen LogP contribution in [0.3, 0.4) is 0 Å². The minimum atomic E-state index is 0.821. The molecular weight excluding hydrogens is 196 g/mol. The van der Waals surface area contributed by atoms with Gasteiger partial charge in [-0.1, -0.05) is 33.1 Å². The Balaban J connectivity index is 1.99. The van der Waals surface area contributed by atoms with Gasteiger partial charge < -0.3 is 5.32 Å². The zero-order chi connectivity index (χ0) is 11.4. The van der Waals surface area contributed by atoms with Crippen molar-refractivity contribution in [2.75, 3.05) is 19.6 Å². The Bertz CT molecular complexity index is 197. The lowest BCUT2D eigenvalue weighted by molar-refractivity contribution is 0.0726. The molecule has 1 aliphatic carbocycles. The summed E-state index contributed by atoms with van der Waals surface area (Å²) in [5, 5.41) is 3.52. The SMILES string of the molecule is CCC1CCCCC1N(CC)C1CCNC1. The molecule has 2 fully saturated rings. The van der Waals surface area contributed by atoms with Gasteiger partial charge in [0.05, 0.1) is 0 Å². The van der Waals surface area contributed by atoms with Crippen LogP contribution in [0.1, 0.15) is 52.4 Å². The molecule has 2 heteroatoms. The molecule has 2 rings (SSSR count). The van der Waals surface area contributed by atoms with Crippen molar-refractivity contribution < 1.29 is 0 Å². The van der Waals surface area contributed by atoms with Crippen molar-refractivity contribution in [2.24, 2.45) is 5.92 Å². The Hall–Kier alpha value is -0.0800. The molecule has 0 amide bonds. The summed E-state index contributed by atoms with van der Waals surface area (Å²) >= 11 is 0. The van der Waals surface area contributed by atoms with Gasteiger partial charge in [-0.25, -0.2) is 0 Å². The van der Waals surface area contributed by atoms with Crippen molar-refractivity contribution in [1.82, 2.24) is 10.2 Å². The molecule has 0 radical (unpaired) electrons. The van der Waals surface area contributed by atoms with Crippen molar-refractivity contribution in [3.8, 4) is 0 Å². The third-order valence-electron chi connectivity index (χ3n) is 4.69. The van der Waals surface area contributed by atoms with E-state index < -0.39 is 0 Å². The van der Waals surface area contributed by atoms with Crippen LogP contribution in [0.15, 0.2) is 0 Å². The molecule has 2 aliphatic rings. The minimum absolute atomic E-state index is 0.821. The average Bonchev–Trinajstić information content (AvgIpc) is 2.84. The fourth-order valence-corrected chi connectivity index (χ4v) is 3.79. The largest absolute Gasteiger partial charge is 0.315 e. The summed E-state index contributed by atoms with van der Waals surface area (Å²) in [7, 11) is 0. The third-order valence-corrected chi connectivity index (χ3v) is 4.69. The summed E-state index contributed by atoms with van der Waals surface area (Å²) in [6.07, 6.45) is 8.58. The van der Waals surface area contributed by atoms with Gasteiger partial charge in [0.2, 0.25) is 0 Å². The van der Waals surface area contributed by atoms with Crippen molar-refractivity contribution in [2.45, 2.75) is 64.5 Å². The van der Waals surface area contributed by atoms with Crippen LogP contribution in [-0.4, -0.2) is 36.6 Å². The van der Waals surface area contributed by atoms with Crippen molar-refractivity contribution in [3.05, 3.63) is 0 Å². The summed E-state index contributed by atoms with van der Waals surface area (Å²) in [6, 6.07) is 1.70.